The van der Waals surface area contributed by atoms with E-state index in [1.54, 1.807) is 0 Å². The molecule has 1 aromatic heterocycles. The van der Waals surface area contributed by atoms with Crippen LogP contribution < -0.4 is 15.0 Å². The van der Waals surface area contributed by atoms with Crippen LogP contribution in [0.25, 0.3) is 0 Å². The quantitative estimate of drug-likeness (QED) is 0.0685. The number of pyridine rings is 1. The van der Waals surface area contributed by atoms with Crippen molar-refractivity contribution in [1.29, 1.82) is 0 Å². The number of hydrogen-bond acceptors (Lipinski definition) is 8. The smallest absolute Gasteiger partial charge is 0.363 e. The van der Waals surface area contributed by atoms with Crippen molar-refractivity contribution in [3.05, 3.63) is 122 Å². The number of benzene rings is 3. The van der Waals surface area contributed by atoms with Crippen molar-refractivity contribution in [2.75, 3.05) is 0 Å². The zero-order chi connectivity index (χ0) is 29.4. The van der Waals surface area contributed by atoms with Gasteiger partial charge in [0.1, 0.15) is 25.2 Å². The van der Waals surface area contributed by atoms with Gasteiger partial charge in [0.25, 0.3) is 0 Å². The Morgan fingerprint density at radius 2 is 1.59 bits per heavy atom. The topological polar surface area (TPSA) is 125 Å². The minimum absolute atomic E-state index is 0.0169. The van der Waals surface area contributed by atoms with E-state index >= 15 is 0 Å². The first kappa shape index (κ1) is 29.0. The van der Waals surface area contributed by atoms with Crippen LogP contribution in [0.15, 0.2) is 77.8 Å². The molecule has 4 rings (SSSR count). The third kappa shape index (κ3) is 7.37. The van der Waals surface area contributed by atoms with E-state index in [9.17, 15) is 14.9 Å². The lowest BCUT2D eigenvalue weighted by atomic mass is 10.1. The third-order valence-electron chi connectivity index (χ3n) is 6.25. The molecule has 3 aromatic carbocycles. The lowest BCUT2D eigenvalue weighted by Crippen LogP contribution is -2.18. The Balaban J connectivity index is 1.57. The second kappa shape index (κ2) is 13.4. The van der Waals surface area contributed by atoms with Gasteiger partial charge in [-0.2, -0.15) is 0 Å². The highest BCUT2D eigenvalue weighted by atomic mass is 35.5. The number of nitro groups is 1. The molecule has 0 spiro atoms. The van der Waals surface area contributed by atoms with Crippen LogP contribution in [0.5, 0.6) is 11.5 Å². The van der Waals surface area contributed by atoms with Crippen molar-refractivity contribution in [2.24, 2.45) is 4.99 Å². The lowest BCUT2D eigenvalue weighted by Gasteiger charge is -2.15. The lowest BCUT2D eigenvalue weighted by molar-refractivity contribution is -0.386. The number of nitrogens with zero attached hydrogens (tertiary/aromatic N) is 3. The minimum atomic E-state index is -0.903. The highest BCUT2D eigenvalue weighted by molar-refractivity contribution is 6.32. The van der Waals surface area contributed by atoms with Crippen LogP contribution in [0.2, 0.25) is 5.15 Å². The second-order valence-corrected chi connectivity index (χ2v) is 9.34. The Hall–Kier alpha value is -4.96. The van der Waals surface area contributed by atoms with Gasteiger partial charge in [0, 0.05) is 11.8 Å². The van der Waals surface area contributed by atoms with Gasteiger partial charge in [-0.15, -0.1) is 0 Å². The zero-order valence-corrected chi connectivity index (χ0v) is 23.3. The maximum absolute atomic E-state index is 12.9. The van der Waals surface area contributed by atoms with Gasteiger partial charge in [0.2, 0.25) is 5.75 Å². The normalized spacial score (nSPS) is 10.8. The Morgan fingerprint density at radius 1 is 0.976 bits per heavy atom. The Kier molecular flexibility index (Phi) is 9.49. The molecule has 0 saturated carbocycles. The molecule has 210 valence electrons. The predicted molar refractivity (Wildman–Crippen MR) is 155 cm³/mol. The van der Waals surface area contributed by atoms with E-state index < -0.39 is 16.6 Å². The highest BCUT2D eigenvalue weighted by Crippen LogP contribution is 2.40. The van der Waals surface area contributed by atoms with Crippen LogP contribution in [0.4, 0.5) is 11.4 Å². The van der Waals surface area contributed by atoms with Gasteiger partial charge in [-0.05, 0) is 49.1 Å². The number of hydrogen-bond donors (Lipinski definition) is 1. The molecule has 11 heteroatoms. The first-order chi connectivity index (χ1) is 19.7. The molecular formula is C30H27ClN4O6. The third-order valence-corrected chi connectivity index (χ3v) is 6.51. The highest BCUT2D eigenvalue weighted by Gasteiger charge is 2.26. The number of carbonyl (C=O) groups is 1. The summed E-state index contributed by atoms with van der Waals surface area (Å²) in [4.78, 5) is 37.8. The predicted octanol–water partition coefficient (Wildman–Crippen LogP) is 6.75. The van der Waals surface area contributed by atoms with Crippen LogP contribution >= 0.6 is 11.6 Å². The fraction of sp³-hybridized carbons (Fsp3) is 0.167. The molecule has 0 aliphatic carbocycles. The molecule has 0 amide bonds. The van der Waals surface area contributed by atoms with Gasteiger partial charge in [-0.25, -0.2) is 20.3 Å². The fourth-order valence-corrected chi connectivity index (χ4v) is 4.14. The fourth-order valence-electron chi connectivity index (χ4n) is 3.83. The SMILES string of the molecule is Cc1nc(Cl)c(N=CNOC(=O)c2cc(OCc3ccccc3)c(OCc3ccccc3)c([N+](=O)[O-])c2)c(C)c1C. The summed E-state index contributed by atoms with van der Waals surface area (Å²) in [6, 6.07) is 20.8. The largest absolute Gasteiger partial charge is 0.485 e. The standard InChI is InChI=1S/C30H27ClN4O6/c1-19-20(2)27(29(31)34-21(19)3)32-18-33-41-30(36)24-14-25(35(37)38)28(40-17-23-12-8-5-9-13-23)26(15-24)39-16-22-10-6-4-7-11-22/h4-15,18H,16-17H2,1-3H3,(H,32,33). The molecule has 0 unspecified atom stereocenters. The molecule has 10 nitrogen and oxygen atoms in total. The van der Waals surface area contributed by atoms with E-state index in [4.69, 9.17) is 25.9 Å². The number of carbonyl (C=O) groups excluding carboxylic acids is 1. The van der Waals surface area contributed by atoms with Gasteiger partial charge in [-0.3, -0.25) is 10.1 Å². The van der Waals surface area contributed by atoms with Gasteiger partial charge >= 0.3 is 11.7 Å². The van der Waals surface area contributed by atoms with Gasteiger partial charge in [0.05, 0.1) is 10.5 Å². The molecule has 0 bridgehead atoms. The Morgan fingerprint density at radius 3 is 2.20 bits per heavy atom. The summed E-state index contributed by atoms with van der Waals surface area (Å²) < 4.78 is 11.8. The molecule has 0 saturated heterocycles. The van der Waals surface area contributed by atoms with E-state index in [0.717, 1.165) is 40.4 Å². The molecule has 41 heavy (non-hydrogen) atoms. The van der Waals surface area contributed by atoms with E-state index in [2.05, 4.69) is 15.5 Å². The van der Waals surface area contributed by atoms with Crippen molar-refractivity contribution in [2.45, 2.75) is 34.0 Å². The molecule has 1 heterocycles. The van der Waals surface area contributed by atoms with Crippen LogP contribution in [-0.4, -0.2) is 22.2 Å². The molecule has 0 radical (unpaired) electrons. The number of ether oxygens (including phenoxy) is 2. The number of halogens is 1. The molecule has 1 N–H and O–H groups in total. The van der Waals surface area contributed by atoms with Crippen molar-refractivity contribution in [1.82, 2.24) is 10.5 Å². The number of aromatic nitrogens is 1. The van der Waals surface area contributed by atoms with Crippen molar-refractivity contribution in [3.63, 3.8) is 0 Å². The summed E-state index contributed by atoms with van der Waals surface area (Å²) in [7, 11) is 0. The summed E-state index contributed by atoms with van der Waals surface area (Å²) in [6.07, 6.45) is 1.14. The molecule has 0 atom stereocenters. The van der Waals surface area contributed by atoms with E-state index in [0.29, 0.717) is 5.69 Å². The summed E-state index contributed by atoms with van der Waals surface area (Å²) in [5.74, 6) is -0.990. The van der Waals surface area contributed by atoms with Crippen molar-refractivity contribution < 1.29 is 24.0 Å². The van der Waals surface area contributed by atoms with Crippen LogP contribution in [0, 0.1) is 30.9 Å². The van der Waals surface area contributed by atoms with E-state index in [1.165, 1.54) is 6.07 Å². The first-order valence-corrected chi connectivity index (χ1v) is 12.9. The van der Waals surface area contributed by atoms with Gasteiger partial charge in [0.15, 0.2) is 10.9 Å². The molecular weight excluding hydrogens is 548 g/mol. The van der Waals surface area contributed by atoms with Crippen molar-refractivity contribution in [3.8, 4) is 11.5 Å². The number of nitrogens with one attached hydrogen (secondary N) is 1. The number of rotatable bonds is 11. The molecule has 0 aliphatic rings. The number of hydroxylamine groups is 1. The monoisotopic (exact) mass is 574 g/mol. The van der Waals surface area contributed by atoms with Crippen LogP contribution in [0.3, 0.4) is 0 Å². The first-order valence-electron chi connectivity index (χ1n) is 12.5. The second-order valence-electron chi connectivity index (χ2n) is 8.98. The van der Waals surface area contributed by atoms with E-state index in [1.807, 2.05) is 81.4 Å². The summed E-state index contributed by atoms with van der Waals surface area (Å²) in [5, 5.41) is 12.2. The molecule has 0 aliphatic heterocycles. The Labute approximate surface area is 241 Å². The van der Waals surface area contributed by atoms with E-state index in [-0.39, 0.29) is 35.4 Å². The minimum Gasteiger partial charge on any atom is -0.485 e. The number of aryl methyl sites for hydroxylation is 1. The molecule has 4 aromatic rings. The summed E-state index contributed by atoms with van der Waals surface area (Å²) in [5.41, 5.74) is 6.36. The summed E-state index contributed by atoms with van der Waals surface area (Å²) in [6.45, 7) is 5.74. The average molecular weight is 575 g/mol. The van der Waals surface area contributed by atoms with Gasteiger partial charge < -0.3 is 14.3 Å². The molecule has 0 fully saturated rings. The maximum atomic E-state index is 12.9. The van der Waals surface area contributed by atoms with Crippen LogP contribution in [0.1, 0.15) is 38.3 Å². The average Bonchev–Trinajstić information content (AvgIpc) is 2.98. The zero-order valence-electron chi connectivity index (χ0n) is 22.6. The van der Waals surface area contributed by atoms with Crippen LogP contribution in [-0.2, 0) is 18.1 Å². The number of nitro benzene ring substituents is 1. The Bertz CT molecular complexity index is 1580. The maximum Gasteiger partial charge on any atom is 0.363 e. The van der Waals surface area contributed by atoms with Crippen molar-refractivity contribution >= 4 is 35.3 Å². The number of aliphatic imine (C=N–C) groups is 1. The summed E-state index contributed by atoms with van der Waals surface area (Å²) >= 11 is 6.21. The van der Waals surface area contributed by atoms with Gasteiger partial charge in [-0.1, -0.05) is 72.3 Å².